The number of carbonyl (C=O) groups excluding carboxylic acids is 1. The second-order valence-corrected chi connectivity index (χ2v) is 13.8. The summed E-state index contributed by atoms with van der Waals surface area (Å²) in [5.41, 5.74) is 1.82. The van der Waals surface area contributed by atoms with Crippen LogP contribution in [0.25, 0.3) is 0 Å². The molecule has 2 heterocycles. The lowest BCUT2D eigenvalue weighted by Gasteiger charge is -2.63. The fraction of sp³-hybridized carbons (Fsp3) is 0.588. The highest BCUT2D eigenvalue weighted by Gasteiger charge is 2.64. The molecule has 2 aromatic carbocycles. The second kappa shape index (κ2) is 12.9. The minimum atomic E-state index is -0.300. The molecule has 0 radical (unpaired) electrons. The van der Waals surface area contributed by atoms with Gasteiger partial charge in [-0.2, -0.15) is 5.26 Å². The summed E-state index contributed by atoms with van der Waals surface area (Å²) in [4.78, 5) is 15.8. The predicted molar refractivity (Wildman–Crippen MR) is 166 cm³/mol. The van der Waals surface area contributed by atoms with E-state index in [1.54, 1.807) is 18.2 Å². The first kappa shape index (κ1) is 30.8. The van der Waals surface area contributed by atoms with Crippen LogP contribution in [-0.2, 0) is 4.74 Å². The van der Waals surface area contributed by atoms with Crippen molar-refractivity contribution >= 4 is 17.5 Å². The van der Waals surface area contributed by atoms with Gasteiger partial charge in [0.2, 0.25) is 0 Å². The highest BCUT2D eigenvalue weighted by Crippen LogP contribution is 2.55. The Morgan fingerprint density at radius 1 is 1.05 bits per heavy atom. The third-order valence-electron chi connectivity index (χ3n) is 9.71. The first-order valence-corrected chi connectivity index (χ1v) is 15.8. The van der Waals surface area contributed by atoms with E-state index in [-0.39, 0.29) is 28.9 Å². The summed E-state index contributed by atoms with van der Waals surface area (Å²) >= 11 is 6.22. The van der Waals surface area contributed by atoms with E-state index in [1.807, 2.05) is 12.1 Å². The highest BCUT2D eigenvalue weighted by molar-refractivity contribution is 6.31. The zero-order valence-electron chi connectivity index (χ0n) is 25.4. The molecule has 1 amide bonds. The van der Waals surface area contributed by atoms with Gasteiger partial charge in [0.1, 0.15) is 17.9 Å². The maximum absolute atomic E-state index is 13.3. The molecule has 0 spiro atoms. The Morgan fingerprint density at radius 2 is 1.71 bits per heavy atom. The van der Waals surface area contributed by atoms with Gasteiger partial charge in [-0.05, 0) is 87.6 Å². The van der Waals surface area contributed by atoms with Crippen molar-refractivity contribution in [3.8, 4) is 11.8 Å². The first-order chi connectivity index (χ1) is 20.1. The van der Waals surface area contributed by atoms with Crippen molar-refractivity contribution in [3.63, 3.8) is 0 Å². The van der Waals surface area contributed by atoms with Crippen molar-refractivity contribution in [3.05, 3.63) is 64.2 Å². The van der Waals surface area contributed by atoms with Crippen LogP contribution in [0, 0.1) is 22.2 Å². The Balaban J connectivity index is 1.11. The van der Waals surface area contributed by atoms with Crippen LogP contribution < -0.4 is 15.4 Å². The molecule has 0 bridgehead atoms. The summed E-state index contributed by atoms with van der Waals surface area (Å²) in [6, 6.07) is 15.3. The summed E-state index contributed by atoms with van der Waals surface area (Å²) in [6.07, 6.45) is 4.80. The monoisotopic (exact) mass is 592 g/mol. The zero-order valence-corrected chi connectivity index (χ0v) is 26.2. The summed E-state index contributed by atoms with van der Waals surface area (Å²) < 4.78 is 12.5. The van der Waals surface area contributed by atoms with Crippen molar-refractivity contribution in [2.75, 3.05) is 39.3 Å². The van der Waals surface area contributed by atoms with Crippen LogP contribution in [0.1, 0.15) is 80.8 Å². The van der Waals surface area contributed by atoms with Gasteiger partial charge >= 0.3 is 0 Å². The van der Waals surface area contributed by atoms with Crippen LogP contribution in [0.3, 0.4) is 0 Å². The number of nitrogens with one attached hydrogen (secondary N) is 2. The molecule has 0 atom stereocenters. The number of piperidine rings is 2. The van der Waals surface area contributed by atoms with Gasteiger partial charge < -0.3 is 25.0 Å². The highest BCUT2D eigenvalue weighted by atomic mass is 35.5. The Hall–Kier alpha value is -2.63. The Bertz CT molecular complexity index is 1260. The molecule has 42 heavy (non-hydrogen) atoms. The third-order valence-corrected chi connectivity index (χ3v) is 10.0. The molecule has 1 aliphatic carbocycles. The SMILES string of the molecule is CC1(C)[C@H](NC(=O)c2ccc(C3CCN(CCOC4CCNCC4)CC3)cc2)C(C)(C)[C@H]1Oc1ccc(C#N)c(Cl)c1. The number of hydrogen-bond donors (Lipinski definition) is 2. The number of nitriles is 1. The van der Waals surface area contributed by atoms with Gasteiger partial charge in [0.25, 0.3) is 5.91 Å². The number of benzene rings is 2. The molecule has 0 unspecified atom stereocenters. The van der Waals surface area contributed by atoms with Crippen molar-refractivity contribution in [2.24, 2.45) is 10.8 Å². The lowest BCUT2D eigenvalue weighted by molar-refractivity contribution is -0.164. The molecule has 1 saturated carbocycles. The quantitative estimate of drug-likeness (QED) is 0.384. The van der Waals surface area contributed by atoms with E-state index >= 15 is 0 Å². The molecule has 2 aromatic rings. The maximum atomic E-state index is 13.3. The topological polar surface area (TPSA) is 86.6 Å². The van der Waals surface area contributed by atoms with Crippen LogP contribution in [0.4, 0.5) is 0 Å². The average Bonchev–Trinajstić information content (AvgIpc) is 2.99. The Morgan fingerprint density at radius 3 is 2.33 bits per heavy atom. The van der Waals surface area contributed by atoms with E-state index in [9.17, 15) is 4.79 Å². The van der Waals surface area contributed by atoms with Gasteiger partial charge in [-0.3, -0.25) is 4.79 Å². The van der Waals surface area contributed by atoms with E-state index in [2.05, 4.69) is 61.4 Å². The normalized spacial score (nSPS) is 24.4. The van der Waals surface area contributed by atoms with E-state index in [4.69, 9.17) is 26.3 Å². The average molecular weight is 593 g/mol. The predicted octanol–water partition coefficient (Wildman–Crippen LogP) is 5.77. The molecular weight excluding hydrogens is 548 g/mol. The first-order valence-electron chi connectivity index (χ1n) is 15.4. The fourth-order valence-corrected chi connectivity index (χ4v) is 7.73. The van der Waals surface area contributed by atoms with Crippen LogP contribution in [0.15, 0.2) is 42.5 Å². The smallest absolute Gasteiger partial charge is 0.251 e. The number of likely N-dealkylation sites (tertiary alicyclic amines) is 1. The molecule has 0 aromatic heterocycles. The lowest BCUT2D eigenvalue weighted by atomic mass is 9.49. The minimum absolute atomic E-state index is 0.0591. The molecular formula is C34H45ClN4O3. The maximum Gasteiger partial charge on any atom is 0.251 e. The molecule has 5 rings (SSSR count). The Kier molecular flexibility index (Phi) is 9.49. The van der Waals surface area contributed by atoms with Crippen LogP contribution in [-0.4, -0.2) is 68.4 Å². The Labute approximate surface area is 255 Å². The largest absolute Gasteiger partial charge is 0.489 e. The number of halogens is 1. The number of ether oxygens (including phenoxy) is 2. The minimum Gasteiger partial charge on any atom is -0.489 e. The summed E-state index contributed by atoms with van der Waals surface area (Å²) in [6.45, 7) is 14.6. The summed E-state index contributed by atoms with van der Waals surface area (Å²) in [7, 11) is 0. The summed E-state index contributed by atoms with van der Waals surface area (Å²) in [5, 5.41) is 16.2. The molecule has 3 fully saturated rings. The second-order valence-electron chi connectivity index (χ2n) is 13.4. The fourth-order valence-electron chi connectivity index (χ4n) is 7.52. The molecule has 8 heteroatoms. The van der Waals surface area contributed by atoms with Crippen LogP contribution in [0.5, 0.6) is 5.75 Å². The van der Waals surface area contributed by atoms with E-state index in [0.29, 0.717) is 33.9 Å². The number of amides is 1. The molecule has 2 saturated heterocycles. The number of carbonyl (C=O) groups is 1. The van der Waals surface area contributed by atoms with Crippen molar-refractivity contribution in [1.29, 1.82) is 5.26 Å². The van der Waals surface area contributed by atoms with Crippen LogP contribution in [0.2, 0.25) is 5.02 Å². The van der Waals surface area contributed by atoms with E-state index in [1.165, 1.54) is 5.56 Å². The number of nitrogens with zero attached hydrogens (tertiary/aromatic N) is 2. The van der Waals surface area contributed by atoms with Gasteiger partial charge in [-0.1, -0.05) is 51.4 Å². The van der Waals surface area contributed by atoms with Gasteiger partial charge in [-0.15, -0.1) is 0 Å². The lowest BCUT2D eigenvalue weighted by Crippen LogP contribution is -2.74. The van der Waals surface area contributed by atoms with E-state index in [0.717, 1.165) is 65.0 Å². The zero-order chi connectivity index (χ0) is 29.9. The van der Waals surface area contributed by atoms with Gasteiger partial charge in [0.15, 0.2) is 0 Å². The van der Waals surface area contributed by atoms with Crippen molar-refractivity contribution in [1.82, 2.24) is 15.5 Å². The molecule has 226 valence electrons. The third kappa shape index (κ3) is 6.63. The molecule has 7 nitrogen and oxygen atoms in total. The van der Waals surface area contributed by atoms with Crippen LogP contribution >= 0.6 is 11.6 Å². The van der Waals surface area contributed by atoms with Crippen molar-refractivity contribution < 1.29 is 14.3 Å². The van der Waals surface area contributed by atoms with Gasteiger partial charge in [0, 0.05) is 35.0 Å². The summed E-state index contributed by atoms with van der Waals surface area (Å²) in [5.74, 6) is 1.10. The standard InChI is InChI=1S/C34H45ClN4O3/c1-33(2)31(34(3,4)32(33)42-28-10-9-26(22-36)29(35)21-28)38-30(40)25-7-5-23(6-8-25)24-13-17-39(18-14-24)19-20-41-27-11-15-37-16-12-27/h5-10,21,24,27,31-32,37H,11-20H2,1-4H3,(H,38,40)/t31-,32-. The van der Waals surface area contributed by atoms with E-state index < -0.39 is 0 Å². The molecule has 2 N–H and O–H groups in total. The number of hydrogen-bond acceptors (Lipinski definition) is 6. The molecule has 3 aliphatic rings. The number of rotatable bonds is 9. The van der Waals surface area contributed by atoms with Crippen molar-refractivity contribution in [2.45, 2.75) is 77.5 Å². The molecule has 2 aliphatic heterocycles. The van der Waals surface area contributed by atoms with Gasteiger partial charge in [0.05, 0.1) is 23.3 Å². The van der Waals surface area contributed by atoms with Gasteiger partial charge in [-0.25, -0.2) is 0 Å².